The van der Waals surface area contributed by atoms with E-state index in [4.69, 9.17) is 10.5 Å². The topological polar surface area (TPSA) is 35.2 Å². The molecule has 0 aliphatic heterocycles. The van der Waals surface area contributed by atoms with Crippen LogP contribution in [-0.4, -0.2) is 18.2 Å². The molecule has 0 bridgehead atoms. The molecule has 0 unspecified atom stereocenters. The molecule has 0 radical (unpaired) electrons. The SMILES string of the molecule is CC(C)O[C@@H]1CCCCC[C@@H]1N. The van der Waals surface area contributed by atoms with Crippen molar-refractivity contribution in [1.82, 2.24) is 0 Å². The molecule has 2 heteroatoms. The van der Waals surface area contributed by atoms with Crippen LogP contribution < -0.4 is 5.73 Å². The van der Waals surface area contributed by atoms with Crippen molar-refractivity contribution >= 4 is 0 Å². The molecule has 0 aromatic heterocycles. The van der Waals surface area contributed by atoms with Crippen LogP contribution in [0.5, 0.6) is 0 Å². The van der Waals surface area contributed by atoms with Gasteiger partial charge in [-0.2, -0.15) is 0 Å². The van der Waals surface area contributed by atoms with Crippen LogP contribution in [0.1, 0.15) is 46.0 Å². The van der Waals surface area contributed by atoms with E-state index in [-0.39, 0.29) is 6.04 Å². The average Bonchev–Trinajstić information content (AvgIpc) is 2.16. The highest BCUT2D eigenvalue weighted by Gasteiger charge is 2.21. The monoisotopic (exact) mass is 171 g/mol. The van der Waals surface area contributed by atoms with E-state index in [0.29, 0.717) is 12.2 Å². The van der Waals surface area contributed by atoms with E-state index in [1.54, 1.807) is 0 Å². The van der Waals surface area contributed by atoms with Crippen molar-refractivity contribution in [1.29, 1.82) is 0 Å². The highest BCUT2D eigenvalue weighted by Crippen LogP contribution is 2.20. The van der Waals surface area contributed by atoms with Crippen LogP contribution in [0.2, 0.25) is 0 Å². The Bertz CT molecular complexity index is 125. The van der Waals surface area contributed by atoms with E-state index in [1.807, 2.05) is 0 Å². The van der Waals surface area contributed by atoms with Crippen LogP contribution >= 0.6 is 0 Å². The minimum absolute atomic E-state index is 0.273. The van der Waals surface area contributed by atoms with Gasteiger partial charge in [0, 0.05) is 6.04 Å². The van der Waals surface area contributed by atoms with Crippen LogP contribution in [0, 0.1) is 0 Å². The molecule has 0 saturated heterocycles. The number of ether oxygens (including phenoxy) is 1. The molecule has 12 heavy (non-hydrogen) atoms. The lowest BCUT2D eigenvalue weighted by Gasteiger charge is -2.23. The molecule has 0 aromatic rings. The highest BCUT2D eigenvalue weighted by molar-refractivity contribution is 4.77. The van der Waals surface area contributed by atoms with Crippen molar-refractivity contribution in [3.8, 4) is 0 Å². The maximum atomic E-state index is 6.00. The lowest BCUT2D eigenvalue weighted by atomic mass is 10.1. The van der Waals surface area contributed by atoms with Crippen molar-refractivity contribution in [2.45, 2.75) is 64.2 Å². The zero-order chi connectivity index (χ0) is 8.97. The summed E-state index contributed by atoms with van der Waals surface area (Å²) in [6.45, 7) is 4.16. The Hall–Kier alpha value is -0.0800. The molecule has 1 rings (SSSR count). The van der Waals surface area contributed by atoms with E-state index >= 15 is 0 Å². The Morgan fingerprint density at radius 2 is 1.83 bits per heavy atom. The van der Waals surface area contributed by atoms with Crippen LogP contribution in [0.15, 0.2) is 0 Å². The standard InChI is InChI=1S/C10H21NO/c1-8(2)12-10-7-5-3-4-6-9(10)11/h8-10H,3-7,11H2,1-2H3/t9-,10+/m0/s1. The molecule has 0 heterocycles. The molecule has 1 aliphatic rings. The first-order valence-electron chi connectivity index (χ1n) is 5.11. The lowest BCUT2D eigenvalue weighted by Crippen LogP contribution is -2.37. The van der Waals surface area contributed by atoms with Gasteiger partial charge in [0.05, 0.1) is 12.2 Å². The third kappa shape index (κ3) is 3.11. The predicted octanol–water partition coefficient (Wildman–Crippen LogP) is 2.07. The molecule has 1 fully saturated rings. The van der Waals surface area contributed by atoms with E-state index in [1.165, 1.54) is 19.3 Å². The van der Waals surface area contributed by atoms with E-state index in [0.717, 1.165) is 12.8 Å². The number of hydrogen-bond donors (Lipinski definition) is 1. The third-order valence-electron chi connectivity index (χ3n) is 2.45. The molecule has 0 spiro atoms. The van der Waals surface area contributed by atoms with Gasteiger partial charge in [0.1, 0.15) is 0 Å². The summed E-state index contributed by atoms with van der Waals surface area (Å²) in [7, 11) is 0. The maximum Gasteiger partial charge on any atom is 0.0729 e. The minimum atomic E-state index is 0.273. The summed E-state index contributed by atoms with van der Waals surface area (Å²) < 4.78 is 5.76. The summed E-state index contributed by atoms with van der Waals surface area (Å²) in [6, 6.07) is 0.273. The second-order valence-electron chi connectivity index (χ2n) is 4.03. The van der Waals surface area contributed by atoms with Crippen molar-refractivity contribution in [2.75, 3.05) is 0 Å². The molecular weight excluding hydrogens is 150 g/mol. The normalized spacial score (nSPS) is 32.0. The van der Waals surface area contributed by atoms with Gasteiger partial charge >= 0.3 is 0 Å². The molecule has 0 aromatic carbocycles. The van der Waals surface area contributed by atoms with Gasteiger partial charge in [-0.1, -0.05) is 19.3 Å². The summed E-state index contributed by atoms with van der Waals surface area (Å²) in [5.74, 6) is 0. The quantitative estimate of drug-likeness (QED) is 0.645. The Balaban J connectivity index is 2.36. The van der Waals surface area contributed by atoms with Crippen molar-refractivity contribution < 1.29 is 4.74 Å². The van der Waals surface area contributed by atoms with Gasteiger partial charge in [0.2, 0.25) is 0 Å². The highest BCUT2D eigenvalue weighted by atomic mass is 16.5. The number of hydrogen-bond acceptors (Lipinski definition) is 2. The lowest BCUT2D eigenvalue weighted by molar-refractivity contribution is -0.00985. The van der Waals surface area contributed by atoms with Crippen LogP contribution in [0.4, 0.5) is 0 Å². The Morgan fingerprint density at radius 1 is 1.17 bits per heavy atom. The minimum Gasteiger partial charge on any atom is -0.374 e. The molecule has 2 N–H and O–H groups in total. The van der Waals surface area contributed by atoms with Crippen LogP contribution in [0.3, 0.4) is 0 Å². The fraction of sp³-hybridized carbons (Fsp3) is 1.00. The van der Waals surface area contributed by atoms with Gasteiger partial charge in [-0.3, -0.25) is 0 Å². The summed E-state index contributed by atoms with van der Waals surface area (Å²) >= 11 is 0. The fourth-order valence-corrected chi connectivity index (χ4v) is 1.82. The number of rotatable bonds is 2. The van der Waals surface area contributed by atoms with Crippen molar-refractivity contribution in [3.63, 3.8) is 0 Å². The second-order valence-corrected chi connectivity index (χ2v) is 4.03. The molecule has 0 amide bonds. The molecular formula is C10H21NO. The third-order valence-corrected chi connectivity index (χ3v) is 2.45. The van der Waals surface area contributed by atoms with Crippen molar-refractivity contribution in [3.05, 3.63) is 0 Å². The first-order chi connectivity index (χ1) is 5.70. The van der Waals surface area contributed by atoms with Gasteiger partial charge in [-0.25, -0.2) is 0 Å². The van der Waals surface area contributed by atoms with Gasteiger partial charge in [0.15, 0.2) is 0 Å². The first-order valence-corrected chi connectivity index (χ1v) is 5.11. The summed E-state index contributed by atoms with van der Waals surface area (Å²) in [4.78, 5) is 0. The smallest absolute Gasteiger partial charge is 0.0729 e. The predicted molar refractivity (Wildman–Crippen MR) is 51.1 cm³/mol. The van der Waals surface area contributed by atoms with E-state index < -0.39 is 0 Å². The molecule has 2 atom stereocenters. The molecule has 1 aliphatic carbocycles. The summed E-state index contributed by atoms with van der Waals surface area (Å²) in [5.41, 5.74) is 6.00. The largest absolute Gasteiger partial charge is 0.374 e. The van der Waals surface area contributed by atoms with Gasteiger partial charge in [0.25, 0.3) is 0 Å². The zero-order valence-electron chi connectivity index (χ0n) is 8.25. The average molecular weight is 171 g/mol. The fourth-order valence-electron chi connectivity index (χ4n) is 1.82. The summed E-state index contributed by atoms with van der Waals surface area (Å²) in [5, 5.41) is 0. The van der Waals surface area contributed by atoms with Crippen LogP contribution in [-0.2, 0) is 4.74 Å². The first kappa shape index (κ1) is 10.0. The zero-order valence-corrected chi connectivity index (χ0v) is 8.25. The van der Waals surface area contributed by atoms with Crippen molar-refractivity contribution in [2.24, 2.45) is 5.73 Å². The second kappa shape index (κ2) is 4.83. The maximum absolute atomic E-state index is 6.00. The Kier molecular flexibility index (Phi) is 4.02. The molecule has 72 valence electrons. The van der Waals surface area contributed by atoms with Gasteiger partial charge < -0.3 is 10.5 Å². The Labute approximate surface area is 75.5 Å². The van der Waals surface area contributed by atoms with E-state index in [2.05, 4.69) is 13.8 Å². The summed E-state index contributed by atoms with van der Waals surface area (Å²) in [6.07, 6.45) is 6.80. The molecule has 2 nitrogen and oxygen atoms in total. The Morgan fingerprint density at radius 3 is 2.50 bits per heavy atom. The van der Waals surface area contributed by atoms with Gasteiger partial charge in [-0.15, -0.1) is 0 Å². The number of nitrogens with two attached hydrogens (primary N) is 1. The van der Waals surface area contributed by atoms with Crippen LogP contribution in [0.25, 0.3) is 0 Å². The molecule has 1 saturated carbocycles. The van der Waals surface area contributed by atoms with Gasteiger partial charge in [-0.05, 0) is 26.7 Å². The van der Waals surface area contributed by atoms with E-state index in [9.17, 15) is 0 Å².